The van der Waals surface area contributed by atoms with Crippen molar-refractivity contribution in [3.8, 4) is 0 Å². The zero-order valence-corrected chi connectivity index (χ0v) is 13.7. The lowest BCUT2D eigenvalue weighted by Crippen LogP contribution is -2.16. The Hall–Kier alpha value is -1.72. The third-order valence-corrected chi connectivity index (χ3v) is 4.28. The highest BCUT2D eigenvalue weighted by atomic mass is 32.1. The van der Waals surface area contributed by atoms with E-state index < -0.39 is 0 Å². The molecule has 2 N–H and O–H groups in total. The van der Waals surface area contributed by atoms with Crippen LogP contribution in [0.25, 0.3) is 0 Å². The highest BCUT2D eigenvalue weighted by Gasteiger charge is 2.11. The van der Waals surface area contributed by atoms with E-state index >= 15 is 0 Å². The van der Waals surface area contributed by atoms with Gasteiger partial charge < -0.3 is 10.6 Å². The topological polar surface area (TPSA) is 54.0 Å². The largest absolute Gasteiger partial charge is 0.312 e. The molecule has 1 heterocycles. The molecule has 0 radical (unpaired) electrons. The van der Waals surface area contributed by atoms with Gasteiger partial charge in [0.1, 0.15) is 0 Å². The molecule has 2 aromatic rings. The monoisotopic (exact) mass is 303 g/mol. The van der Waals surface area contributed by atoms with Crippen LogP contribution in [0.2, 0.25) is 0 Å². The lowest BCUT2D eigenvalue weighted by atomic mass is 10.0. The van der Waals surface area contributed by atoms with Gasteiger partial charge in [0.15, 0.2) is 5.13 Å². The van der Waals surface area contributed by atoms with Crippen LogP contribution in [0.5, 0.6) is 0 Å². The molecule has 21 heavy (non-hydrogen) atoms. The summed E-state index contributed by atoms with van der Waals surface area (Å²) in [6.45, 7) is 6.10. The van der Waals surface area contributed by atoms with Crippen LogP contribution in [0.15, 0.2) is 23.6 Å². The Bertz CT molecular complexity index is 636. The van der Waals surface area contributed by atoms with Crippen LogP contribution < -0.4 is 10.6 Å². The first-order chi connectivity index (χ1) is 9.99. The first-order valence-corrected chi connectivity index (χ1v) is 7.86. The molecule has 112 valence electrons. The summed E-state index contributed by atoms with van der Waals surface area (Å²) in [5.41, 5.74) is 4.32. The molecule has 4 nitrogen and oxygen atoms in total. The van der Waals surface area contributed by atoms with Gasteiger partial charge in [-0.2, -0.15) is 0 Å². The number of nitrogens with one attached hydrogen (secondary N) is 2. The van der Waals surface area contributed by atoms with Gasteiger partial charge in [-0.15, -0.1) is 11.3 Å². The smallest absolute Gasteiger partial charge is 0.230 e. The van der Waals surface area contributed by atoms with Gasteiger partial charge in [-0.3, -0.25) is 4.79 Å². The summed E-state index contributed by atoms with van der Waals surface area (Å²) >= 11 is 1.46. The average Bonchev–Trinajstić information content (AvgIpc) is 2.90. The van der Waals surface area contributed by atoms with Crippen LogP contribution in [0.3, 0.4) is 0 Å². The van der Waals surface area contributed by atoms with Gasteiger partial charge in [-0.05, 0) is 38.9 Å². The first-order valence-electron chi connectivity index (χ1n) is 6.98. The molecule has 0 saturated carbocycles. The normalized spacial score (nSPS) is 12.2. The number of carbonyl (C=O) groups excluding carboxylic acids is 1. The van der Waals surface area contributed by atoms with Crippen molar-refractivity contribution < 1.29 is 4.79 Å². The predicted octanol–water partition coefficient (Wildman–Crippen LogP) is 3.22. The highest BCUT2D eigenvalue weighted by Crippen LogP contribution is 2.20. The van der Waals surface area contributed by atoms with Crippen LogP contribution in [0, 0.1) is 13.8 Å². The SMILES string of the molecule is CNC(C)c1csc(NC(=O)Cc2cc(C)ccc2C)n1. The molecule has 5 heteroatoms. The van der Waals surface area contributed by atoms with Gasteiger partial charge in [0, 0.05) is 11.4 Å². The molecule has 0 aliphatic carbocycles. The van der Waals surface area contributed by atoms with E-state index in [1.54, 1.807) is 0 Å². The summed E-state index contributed by atoms with van der Waals surface area (Å²) < 4.78 is 0. The fraction of sp³-hybridized carbons (Fsp3) is 0.375. The third-order valence-electron chi connectivity index (χ3n) is 3.50. The van der Waals surface area contributed by atoms with E-state index in [9.17, 15) is 4.79 Å². The van der Waals surface area contributed by atoms with Crippen LogP contribution in [-0.2, 0) is 11.2 Å². The van der Waals surface area contributed by atoms with E-state index in [0.29, 0.717) is 11.6 Å². The molecule has 1 atom stereocenters. The van der Waals surface area contributed by atoms with Crippen LogP contribution >= 0.6 is 11.3 Å². The summed E-state index contributed by atoms with van der Waals surface area (Å²) in [6, 6.07) is 6.35. The van der Waals surface area contributed by atoms with Crippen molar-refractivity contribution in [3.63, 3.8) is 0 Å². The van der Waals surface area contributed by atoms with Crippen molar-refractivity contribution in [1.29, 1.82) is 0 Å². The fourth-order valence-corrected chi connectivity index (χ4v) is 2.84. The maximum absolute atomic E-state index is 12.1. The summed E-state index contributed by atoms with van der Waals surface area (Å²) in [6.07, 6.45) is 0.379. The molecule has 0 aliphatic heterocycles. The minimum Gasteiger partial charge on any atom is -0.312 e. The van der Waals surface area contributed by atoms with E-state index in [0.717, 1.165) is 16.8 Å². The molecule has 0 spiro atoms. The van der Waals surface area contributed by atoms with Gasteiger partial charge in [-0.1, -0.05) is 23.8 Å². The number of nitrogens with zero attached hydrogens (tertiary/aromatic N) is 1. The number of hydrogen-bond donors (Lipinski definition) is 2. The van der Waals surface area contributed by atoms with E-state index in [1.807, 2.05) is 39.3 Å². The lowest BCUT2D eigenvalue weighted by molar-refractivity contribution is -0.115. The van der Waals surface area contributed by atoms with Gasteiger partial charge in [0.25, 0.3) is 0 Å². The Balaban J connectivity index is 2.01. The maximum Gasteiger partial charge on any atom is 0.230 e. The number of amides is 1. The molecule has 1 amide bonds. The number of benzene rings is 1. The Kier molecular flexibility index (Phi) is 5.09. The van der Waals surface area contributed by atoms with E-state index in [2.05, 4.69) is 27.8 Å². The molecule has 1 aromatic carbocycles. The van der Waals surface area contributed by atoms with Crippen LogP contribution in [0.1, 0.15) is 35.3 Å². The molecule has 0 fully saturated rings. The van der Waals surface area contributed by atoms with Crippen molar-refractivity contribution >= 4 is 22.4 Å². The minimum absolute atomic E-state index is 0.0262. The zero-order valence-electron chi connectivity index (χ0n) is 12.9. The fourth-order valence-electron chi connectivity index (χ4n) is 2.02. The number of thiazole rings is 1. The second kappa shape index (κ2) is 6.83. The summed E-state index contributed by atoms with van der Waals surface area (Å²) in [7, 11) is 1.89. The van der Waals surface area contributed by atoms with Crippen molar-refractivity contribution in [1.82, 2.24) is 10.3 Å². The second-order valence-electron chi connectivity index (χ2n) is 5.24. The summed E-state index contributed by atoms with van der Waals surface area (Å²) in [5, 5.41) is 8.63. The van der Waals surface area contributed by atoms with E-state index in [1.165, 1.54) is 16.9 Å². The van der Waals surface area contributed by atoms with Crippen LogP contribution in [-0.4, -0.2) is 17.9 Å². The Morgan fingerprint density at radius 1 is 1.38 bits per heavy atom. The van der Waals surface area contributed by atoms with Gasteiger partial charge in [-0.25, -0.2) is 4.98 Å². The Labute approximate surface area is 129 Å². The number of carbonyl (C=O) groups is 1. The molecule has 2 rings (SSSR count). The number of aryl methyl sites for hydroxylation is 2. The Morgan fingerprint density at radius 3 is 2.86 bits per heavy atom. The minimum atomic E-state index is -0.0262. The van der Waals surface area contributed by atoms with Crippen LogP contribution in [0.4, 0.5) is 5.13 Å². The third kappa shape index (κ3) is 4.12. The van der Waals surface area contributed by atoms with Gasteiger partial charge in [0.2, 0.25) is 5.91 Å². The predicted molar refractivity (Wildman–Crippen MR) is 87.8 cm³/mol. The number of anilines is 1. The number of rotatable bonds is 5. The van der Waals surface area contributed by atoms with E-state index in [4.69, 9.17) is 0 Å². The van der Waals surface area contributed by atoms with Crippen molar-refractivity contribution in [2.45, 2.75) is 33.2 Å². The average molecular weight is 303 g/mol. The quantitative estimate of drug-likeness (QED) is 0.891. The van der Waals surface area contributed by atoms with Crippen molar-refractivity contribution in [2.24, 2.45) is 0 Å². The lowest BCUT2D eigenvalue weighted by Gasteiger charge is -2.07. The molecular formula is C16H21N3OS. The molecular weight excluding hydrogens is 282 g/mol. The summed E-state index contributed by atoms with van der Waals surface area (Å²) in [4.78, 5) is 16.6. The number of aromatic nitrogens is 1. The van der Waals surface area contributed by atoms with Gasteiger partial charge >= 0.3 is 0 Å². The molecule has 0 aliphatic rings. The zero-order chi connectivity index (χ0) is 15.4. The number of hydrogen-bond acceptors (Lipinski definition) is 4. The van der Waals surface area contributed by atoms with Gasteiger partial charge in [0.05, 0.1) is 12.1 Å². The maximum atomic E-state index is 12.1. The van der Waals surface area contributed by atoms with Crippen molar-refractivity contribution in [2.75, 3.05) is 12.4 Å². The molecule has 0 bridgehead atoms. The molecule has 0 saturated heterocycles. The standard InChI is InChI=1S/C16H21N3OS/c1-10-5-6-11(2)13(7-10)8-15(20)19-16-18-14(9-21-16)12(3)17-4/h5-7,9,12,17H,8H2,1-4H3,(H,18,19,20). The summed E-state index contributed by atoms with van der Waals surface area (Å²) in [5.74, 6) is -0.0262. The van der Waals surface area contributed by atoms with E-state index in [-0.39, 0.29) is 11.9 Å². The molecule has 1 unspecified atom stereocenters. The first kappa shape index (κ1) is 15.7. The Morgan fingerprint density at radius 2 is 2.14 bits per heavy atom. The molecule has 1 aromatic heterocycles. The highest BCUT2D eigenvalue weighted by molar-refractivity contribution is 7.13. The van der Waals surface area contributed by atoms with Crippen molar-refractivity contribution in [3.05, 3.63) is 46.0 Å². The second-order valence-corrected chi connectivity index (χ2v) is 6.10.